The van der Waals surface area contributed by atoms with E-state index in [1.54, 1.807) is 5.32 Å². The molecule has 0 fully saturated rings. The van der Waals surface area contributed by atoms with Gasteiger partial charge in [0.15, 0.2) is 0 Å². The Morgan fingerprint density at radius 1 is 0.950 bits per heavy atom. The molecular weight excluding hydrogens is 281 g/mol. The average molecular weight is 298 g/mol. The first kappa shape index (κ1) is 18.2. The molecule has 0 aromatic heterocycles. The molecule has 3 N–H and O–H groups in total. The molecule has 0 heterocycles. The lowest BCUT2D eigenvalue weighted by Crippen LogP contribution is -2.37. The molecule has 0 aliphatic carbocycles. The van der Waals surface area contributed by atoms with Crippen LogP contribution in [0.2, 0.25) is 0 Å². The Morgan fingerprint density at radius 2 is 1.55 bits per heavy atom. The standard InChI is InChI=1S/C11H17F3N2O4/c12-11(13,14)7-16-9(18)6-8(17)15-5-3-1-2-4-10(19)20/h1-7H2,(H,15,17)(H,16,18)(H,19,20). The van der Waals surface area contributed by atoms with Crippen LogP contribution in [0.3, 0.4) is 0 Å². The molecule has 6 nitrogen and oxygen atoms in total. The first-order valence-corrected chi connectivity index (χ1v) is 6.02. The molecule has 0 aromatic carbocycles. The number of aliphatic carboxylic acids is 1. The topological polar surface area (TPSA) is 95.5 Å². The molecule has 0 aromatic rings. The van der Waals surface area contributed by atoms with Gasteiger partial charge in [-0.25, -0.2) is 0 Å². The molecule has 0 aliphatic heterocycles. The lowest BCUT2D eigenvalue weighted by molar-refractivity contribution is -0.140. The molecule has 116 valence electrons. The summed E-state index contributed by atoms with van der Waals surface area (Å²) in [6, 6.07) is 0. The summed E-state index contributed by atoms with van der Waals surface area (Å²) in [5, 5.41) is 12.3. The van der Waals surface area contributed by atoms with E-state index < -0.39 is 36.9 Å². The van der Waals surface area contributed by atoms with Gasteiger partial charge in [-0.2, -0.15) is 13.2 Å². The Bertz CT molecular complexity index is 345. The number of carbonyl (C=O) groups excluding carboxylic acids is 2. The van der Waals surface area contributed by atoms with E-state index in [1.165, 1.54) is 0 Å². The van der Waals surface area contributed by atoms with Crippen molar-refractivity contribution in [1.82, 2.24) is 10.6 Å². The fraction of sp³-hybridized carbons (Fsp3) is 0.727. The molecule has 9 heteroatoms. The lowest BCUT2D eigenvalue weighted by atomic mass is 10.2. The summed E-state index contributed by atoms with van der Waals surface area (Å²) in [5.41, 5.74) is 0. The van der Waals surface area contributed by atoms with Gasteiger partial charge in [-0.3, -0.25) is 14.4 Å². The van der Waals surface area contributed by atoms with Gasteiger partial charge in [-0.15, -0.1) is 0 Å². The molecule has 0 unspecified atom stereocenters. The maximum Gasteiger partial charge on any atom is 0.405 e. The SMILES string of the molecule is O=C(O)CCCCCNC(=O)CC(=O)NCC(F)(F)F. The number of hydrogen-bond acceptors (Lipinski definition) is 3. The number of nitrogens with one attached hydrogen (secondary N) is 2. The Labute approximate surface area is 113 Å². The van der Waals surface area contributed by atoms with Crippen LogP contribution in [0.4, 0.5) is 13.2 Å². The molecule has 0 spiro atoms. The van der Waals surface area contributed by atoms with Gasteiger partial charge < -0.3 is 15.7 Å². The second kappa shape index (κ2) is 9.16. The number of hydrogen-bond donors (Lipinski definition) is 3. The summed E-state index contributed by atoms with van der Waals surface area (Å²) < 4.78 is 35.3. The Morgan fingerprint density at radius 3 is 2.10 bits per heavy atom. The molecule has 0 saturated carbocycles. The monoisotopic (exact) mass is 298 g/mol. The van der Waals surface area contributed by atoms with Crippen LogP contribution in [-0.4, -0.2) is 42.2 Å². The second-order valence-corrected chi connectivity index (χ2v) is 4.12. The third-order valence-corrected chi connectivity index (χ3v) is 2.20. The maximum atomic E-state index is 11.8. The molecule has 0 radical (unpaired) electrons. The number of carboxylic acids is 1. The number of carbonyl (C=O) groups is 3. The quantitative estimate of drug-likeness (QED) is 0.434. The normalized spacial score (nSPS) is 10.9. The highest BCUT2D eigenvalue weighted by molar-refractivity contribution is 5.96. The van der Waals surface area contributed by atoms with Crippen LogP contribution >= 0.6 is 0 Å². The van der Waals surface area contributed by atoms with Gasteiger partial charge in [0.1, 0.15) is 13.0 Å². The first-order valence-electron chi connectivity index (χ1n) is 6.02. The molecule has 2 amide bonds. The van der Waals surface area contributed by atoms with Gasteiger partial charge >= 0.3 is 12.1 Å². The molecule has 0 saturated heterocycles. The number of unbranched alkanes of at least 4 members (excludes halogenated alkanes) is 2. The van der Waals surface area contributed by atoms with Crippen molar-refractivity contribution in [1.29, 1.82) is 0 Å². The van der Waals surface area contributed by atoms with Crippen molar-refractivity contribution in [3.8, 4) is 0 Å². The number of rotatable bonds is 9. The van der Waals surface area contributed by atoms with Crippen molar-refractivity contribution in [2.45, 2.75) is 38.3 Å². The zero-order valence-corrected chi connectivity index (χ0v) is 10.8. The summed E-state index contributed by atoms with van der Waals surface area (Å²) in [5.74, 6) is -2.55. The minimum atomic E-state index is -4.50. The van der Waals surface area contributed by atoms with Crippen molar-refractivity contribution in [2.24, 2.45) is 0 Å². The smallest absolute Gasteiger partial charge is 0.405 e. The van der Waals surface area contributed by atoms with Gasteiger partial charge in [-0.1, -0.05) is 6.42 Å². The predicted molar refractivity (Wildman–Crippen MR) is 62.8 cm³/mol. The van der Waals surface area contributed by atoms with Crippen molar-refractivity contribution in [3.63, 3.8) is 0 Å². The van der Waals surface area contributed by atoms with Gasteiger partial charge in [0.2, 0.25) is 11.8 Å². The summed E-state index contributed by atoms with van der Waals surface area (Å²) in [6.45, 7) is -1.21. The van der Waals surface area contributed by atoms with Gasteiger partial charge in [0.05, 0.1) is 0 Å². The minimum Gasteiger partial charge on any atom is -0.481 e. The van der Waals surface area contributed by atoms with Crippen LogP contribution in [0.15, 0.2) is 0 Å². The third-order valence-electron chi connectivity index (χ3n) is 2.20. The van der Waals surface area contributed by atoms with Crippen molar-refractivity contribution < 1.29 is 32.7 Å². The van der Waals surface area contributed by atoms with E-state index in [4.69, 9.17) is 5.11 Å². The van der Waals surface area contributed by atoms with E-state index in [2.05, 4.69) is 5.32 Å². The number of amides is 2. The van der Waals surface area contributed by atoms with Crippen molar-refractivity contribution in [2.75, 3.05) is 13.1 Å². The fourth-order valence-electron chi connectivity index (χ4n) is 1.28. The molecule has 0 rings (SSSR count). The average Bonchev–Trinajstić information content (AvgIpc) is 2.30. The van der Waals surface area contributed by atoms with E-state index in [1.807, 2.05) is 0 Å². The highest BCUT2D eigenvalue weighted by Crippen LogP contribution is 2.12. The summed E-state index contributed by atoms with van der Waals surface area (Å²) >= 11 is 0. The predicted octanol–water partition coefficient (Wildman–Crippen LogP) is 0.816. The van der Waals surface area contributed by atoms with Crippen molar-refractivity contribution >= 4 is 17.8 Å². The molecule has 20 heavy (non-hydrogen) atoms. The molecular formula is C11H17F3N2O4. The van der Waals surface area contributed by atoms with Gasteiger partial charge in [0.25, 0.3) is 0 Å². The summed E-state index contributed by atoms with van der Waals surface area (Å²) in [7, 11) is 0. The Hall–Kier alpha value is -1.80. The number of carboxylic acid groups (broad SMARTS) is 1. The van der Waals surface area contributed by atoms with Crippen molar-refractivity contribution in [3.05, 3.63) is 0 Å². The largest absolute Gasteiger partial charge is 0.481 e. The first-order chi connectivity index (χ1) is 9.20. The van der Waals surface area contributed by atoms with Crippen LogP contribution in [0.5, 0.6) is 0 Å². The zero-order valence-electron chi connectivity index (χ0n) is 10.8. The fourth-order valence-corrected chi connectivity index (χ4v) is 1.28. The van der Waals surface area contributed by atoms with Crippen LogP contribution < -0.4 is 10.6 Å². The van der Waals surface area contributed by atoms with Gasteiger partial charge in [0, 0.05) is 13.0 Å². The van der Waals surface area contributed by atoms with Crippen LogP contribution in [0, 0.1) is 0 Å². The molecule has 0 bridgehead atoms. The van der Waals surface area contributed by atoms with E-state index in [9.17, 15) is 27.6 Å². The van der Waals surface area contributed by atoms with E-state index >= 15 is 0 Å². The van der Waals surface area contributed by atoms with Gasteiger partial charge in [-0.05, 0) is 12.8 Å². The zero-order chi connectivity index (χ0) is 15.6. The van der Waals surface area contributed by atoms with E-state index in [-0.39, 0.29) is 13.0 Å². The van der Waals surface area contributed by atoms with E-state index in [0.717, 1.165) is 0 Å². The Balaban J connectivity index is 3.58. The van der Waals surface area contributed by atoms with E-state index in [0.29, 0.717) is 19.3 Å². The third kappa shape index (κ3) is 12.7. The van der Waals surface area contributed by atoms with Crippen LogP contribution in [-0.2, 0) is 14.4 Å². The molecule has 0 atom stereocenters. The number of alkyl halides is 3. The highest BCUT2D eigenvalue weighted by Gasteiger charge is 2.27. The summed E-state index contributed by atoms with van der Waals surface area (Å²) in [6.07, 6.45) is -3.48. The lowest BCUT2D eigenvalue weighted by Gasteiger charge is -2.08. The van der Waals surface area contributed by atoms with Crippen LogP contribution in [0.25, 0.3) is 0 Å². The Kier molecular flexibility index (Phi) is 8.33. The number of halogens is 3. The maximum absolute atomic E-state index is 11.8. The second-order valence-electron chi connectivity index (χ2n) is 4.12. The minimum absolute atomic E-state index is 0.0494. The van der Waals surface area contributed by atoms with Crippen LogP contribution in [0.1, 0.15) is 32.1 Å². The summed E-state index contributed by atoms with van der Waals surface area (Å²) in [4.78, 5) is 32.3. The highest BCUT2D eigenvalue weighted by atomic mass is 19.4. The molecule has 0 aliphatic rings.